The number of H-pyrrole nitrogens is 1. The van der Waals surface area contributed by atoms with Crippen LogP contribution in [0.3, 0.4) is 0 Å². The SMILES string of the molecule is C=C(F)C(=O)Nc1ccc(-c2cc3c(c4c5c([nH]cnc=5n2C)=NC4)CC(F)=C(Oc2nccc(C)n2)C=3)cc1. The van der Waals surface area contributed by atoms with E-state index >= 15 is 4.39 Å². The molecule has 4 heterocycles. The highest BCUT2D eigenvalue weighted by Crippen LogP contribution is 2.26. The number of aromatic amines is 1. The molecule has 1 aliphatic carbocycles. The van der Waals surface area contributed by atoms with Gasteiger partial charge in [0.05, 0.1) is 18.1 Å². The normalized spacial score (nSPS) is 13.3. The molecule has 9 nitrogen and oxygen atoms in total. The van der Waals surface area contributed by atoms with Crippen molar-refractivity contribution in [3.8, 4) is 17.3 Å². The number of nitrogens with one attached hydrogen (secondary N) is 2. The third-order valence-electron chi connectivity index (χ3n) is 6.77. The second-order valence-electron chi connectivity index (χ2n) is 9.38. The Balaban J connectivity index is 1.58. The van der Waals surface area contributed by atoms with Crippen molar-refractivity contribution >= 4 is 17.7 Å². The molecule has 6 rings (SSSR count). The summed E-state index contributed by atoms with van der Waals surface area (Å²) < 4.78 is 36.4. The average molecular weight is 540 g/mol. The van der Waals surface area contributed by atoms with Crippen LogP contribution in [0.4, 0.5) is 14.5 Å². The number of allylic oxidation sites excluding steroid dienone is 2. The Hall–Kier alpha value is -5.19. The number of halogens is 2. The Bertz CT molecular complexity index is 1990. The number of hydrogen-bond donors (Lipinski definition) is 2. The lowest BCUT2D eigenvalue weighted by atomic mass is 9.97. The molecule has 2 N–H and O–H groups in total. The summed E-state index contributed by atoms with van der Waals surface area (Å²) in [5.41, 5.74) is 5.62. The molecule has 0 saturated heterocycles. The molecule has 0 saturated carbocycles. The van der Waals surface area contributed by atoms with Gasteiger partial charge in [-0.1, -0.05) is 18.7 Å². The highest BCUT2D eigenvalue weighted by Gasteiger charge is 2.22. The van der Waals surface area contributed by atoms with Crippen LogP contribution in [0, 0.1) is 17.6 Å². The van der Waals surface area contributed by atoms with Gasteiger partial charge in [0, 0.05) is 36.7 Å². The van der Waals surface area contributed by atoms with Gasteiger partial charge < -0.3 is 19.6 Å². The van der Waals surface area contributed by atoms with Crippen molar-refractivity contribution in [1.29, 1.82) is 0 Å². The zero-order valence-corrected chi connectivity index (χ0v) is 21.6. The number of aromatic nitrogens is 5. The molecule has 1 aromatic heterocycles. The van der Waals surface area contributed by atoms with Gasteiger partial charge in [-0.05, 0) is 59.2 Å². The highest BCUT2D eigenvalue weighted by atomic mass is 19.1. The number of hydrogen-bond acceptors (Lipinski definition) is 6. The van der Waals surface area contributed by atoms with Gasteiger partial charge in [-0.15, -0.1) is 0 Å². The number of anilines is 1. The summed E-state index contributed by atoms with van der Waals surface area (Å²) in [6.45, 7) is 5.20. The lowest BCUT2D eigenvalue weighted by Gasteiger charge is -2.16. The predicted octanol–water partition coefficient (Wildman–Crippen LogP) is 3.51. The molecule has 200 valence electrons. The van der Waals surface area contributed by atoms with E-state index in [2.05, 4.69) is 36.8 Å². The molecule has 0 radical (unpaired) electrons. The van der Waals surface area contributed by atoms with Crippen molar-refractivity contribution in [2.24, 2.45) is 12.0 Å². The number of carbonyl (C=O) groups excluding carboxylic acids is 1. The van der Waals surface area contributed by atoms with Crippen molar-refractivity contribution in [2.45, 2.75) is 19.9 Å². The van der Waals surface area contributed by atoms with Crippen LogP contribution in [0.1, 0.15) is 16.8 Å². The van der Waals surface area contributed by atoms with Crippen molar-refractivity contribution in [3.63, 3.8) is 0 Å². The fourth-order valence-electron chi connectivity index (χ4n) is 4.81. The fraction of sp³-hybridized carbons (Fsp3) is 0.138. The molecule has 1 aromatic carbocycles. The van der Waals surface area contributed by atoms with Gasteiger partial charge >= 0.3 is 6.01 Å². The summed E-state index contributed by atoms with van der Waals surface area (Å²) in [6.07, 6.45) is 4.78. The minimum absolute atomic E-state index is 0.00279. The Morgan fingerprint density at radius 1 is 1.18 bits per heavy atom. The largest absolute Gasteiger partial charge is 0.421 e. The number of ether oxygens (including phenoxy) is 1. The Morgan fingerprint density at radius 3 is 2.73 bits per heavy atom. The maximum Gasteiger partial charge on any atom is 0.322 e. The summed E-state index contributed by atoms with van der Waals surface area (Å²) in [5.74, 6) is -2.40. The molecule has 40 heavy (non-hydrogen) atoms. The monoisotopic (exact) mass is 539 g/mol. The molecule has 0 spiro atoms. The van der Waals surface area contributed by atoms with E-state index in [4.69, 9.17) is 4.74 Å². The first-order valence-corrected chi connectivity index (χ1v) is 12.4. The fourth-order valence-corrected chi connectivity index (χ4v) is 4.81. The van der Waals surface area contributed by atoms with Gasteiger partial charge in [0.1, 0.15) is 16.8 Å². The zero-order valence-electron chi connectivity index (χ0n) is 21.6. The van der Waals surface area contributed by atoms with E-state index in [1.54, 1.807) is 55.9 Å². The standard InChI is InChI=1S/C29H23F2N7O2/c1-15-8-9-32-29(36-15)40-24-11-18-10-23(17-4-6-19(7-5-17)37-28(39)16(2)30)38(3)27-25-21(20(18)12-22(24)31)13-33-26(25)34-14-35-27/h4-11,14H,2,12-13H2,1,3H3,(H,37,39)(H,33,34,35). The zero-order chi connectivity index (χ0) is 28.0. The predicted molar refractivity (Wildman–Crippen MR) is 143 cm³/mol. The van der Waals surface area contributed by atoms with E-state index in [0.717, 1.165) is 32.8 Å². The van der Waals surface area contributed by atoms with Crippen molar-refractivity contribution in [1.82, 2.24) is 24.5 Å². The second kappa shape index (κ2) is 9.84. The van der Waals surface area contributed by atoms with Crippen molar-refractivity contribution < 1.29 is 18.3 Å². The lowest BCUT2D eigenvalue weighted by Crippen LogP contribution is -2.21. The second-order valence-corrected chi connectivity index (χ2v) is 9.38. The first-order valence-electron chi connectivity index (χ1n) is 12.4. The minimum atomic E-state index is -1.08. The third-order valence-corrected chi connectivity index (χ3v) is 6.77. The third kappa shape index (κ3) is 4.51. The van der Waals surface area contributed by atoms with Gasteiger partial charge in [0.25, 0.3) is 5.91 Å². The molecular formula is C29H23F2N7O2. The lowest BCUT2D eigenvalue weighted by molar-refractivity contribution is -0.114. The molecule has 0 fully saturated rings. The molecule has 0 unspecified atom stereocenters. The summed E-state index contributed by atoms with van der Waals surface area (Å²) in [5, 5.41) is 4.00. The van der Waals surface area contributed by atoms with Gasteiger partial charge in [0.15, 0.2) is 11.6 Å². The Morgan fingerprint density at radius 2 is 1.98 bits per heavy atom. The van der Waals surface area contributed by atoms with Crippen molar-refractivity contribution in [2.75, 3.05) is 5.32 Å². The van der Waals surface area contributed by atoms with E-state index in [1.807, 2.05) is 17.7 Å². The molecule has 0 atom stereocenters. The van der Waals surface area contributed by atoms with Crippen LogP contribution in [0.2, 0.25) is 0 Å². The number of amides is 1. The van der Waals surface area contributed by atoms with Crippen LogP contribution in [0.25, 0.3) is 17.3 Å². The topological polar surface area (TPSA) is 110 Å². The molecule has 11 heteroatoms. The molecule has 0 bridgehead atoms. The summed E-state index contributed by atoms with van der Waals surface area (Å²) in [7, 11) is 1.88. The van der Waals surface area contributed by atoms with Crippen LogP contribution >= 0.6 is 0 Å². The Kier molecular flexibility index (Phi) is 6.18. The smallest absolute Gasteiger partial charge is 0.322 e. The first-order chi connectivity index (χ1) is 19.3. The molecular weight excluding hydrogens is 516 g/mol. The van der Waals surface area contributed by atoms with E-state index in [0.29, 0.717) is 28.9 Å². The maximum absolute atomic E-state index is 15.5. The molecule has 1 amide bonds. The maximum atomic E-state index is 15.5. The Labute approximate surface area is 226 Å². The van der Waals surface area contributed by atoms with Gasteiger partial charge in [-0.3, -0.25) is 9.79 Å². The summed E-state index contributed by atoms with van der Waals surface area (Å²) in [4.78, 5) is 32.4. The summed E-state index contributed by atoms with van der Waals surface area (Å²) in [6, 6.07) is 10.6. The molecule has 4 aliphatic rings. The first kappa shape index (κ1) is 25.1. The highest BCUT2D eigenvalue weighted by molar-refractivity contribution is 6.01. The quantitative estimate of drug-likeness (QED) is 0.377. The van der Waals surface area contributed by atoms with E-state index < -0.39 is 17.6 Å². The molecule has 2 aromatic rings. The number of nitrogens with zero attached hydrogens (tertiary/aromatic N) is 5. The van der Waals surface area contributed by atoms with Gasteiger partial charge in [-0.25, -0.2) is 23.7 Å². The summed E-state index contributed by atoms with van der Waals surface area (Å²) >= 11 is 0. The molecule has 3 aliphatic heterocycles. The van der Waals surface area contributed by atoms with Crippen LogP contribution in [-0.2, 0) is 24.8 Å². The van der Waals surface area contributed by atoms with E-state index in [1.165, 1.54) is 0 Å². The van der Waals surface area contributed by atoms with Gasteiger partial charge in [-0.2, -0.15) is 0 Å². The van der Waals surface area contributed by atoms with Crippen molar-refractivity contribution in [3.05, 3.63) is 111 Å². The number of rotatable bonds is 5. The number of fused-ring (bicyclic) bond motifs is 2. The van der Waals surface area contributed by atoms with Crippen LogP contribution in [0.15, 0.2) is 77.9 Å². The van der Waals surface area contributed by atoms with E-state index in [-0.39, 0.29) is 18.2 Å². The number of carbonyl (C=O) groups is 1. The average Bonchev–Trinajstić information content (AvgIpc) is 3.37. The van der Waals surface area contributed by atoms with Crippen LogP contribution < -0.4 is 20.8 Å². The van der Waals surface area contributed by atoms with Gasteiger partial charge in [0.2, 0.25) is 0 Å². The van der Waals surface area contributed by atoms with Crippen LogP contribution in [-0.4, -0.2) is 30.4 Å². The number of aryl methyl sites for hydroxylation is 1. The minimum Gasteiger partial charge on any atom is -0.421 e. The van der Waals surface area contributed by atoms with Crippen LogP contribution in [0.5, 0.6) is 6.01 Å². The van der Waals surface area contributed by atoms with E-state index in [9.17, 15) is 9.18 Å². The number of benzene rings is 1.